The normalized spacial score (nSPS) is 11.7. The van der Waals surface area contributed by atoms with Crippen molar-refractivity contribution in [3.05, 3.63) is 23.3 Å². The zero-order valence-corrected chi connectivity index (χ0v) is 13.7. The SMILES string of the molecule is CCOC(=O)CCN(C)S(=O)(=O)c1cc(C)c(C)cc1N. The number of hydrogen-bond acceptors (Lipinski definition) is 5. The molecule has 6 nitrogen and oxygen atoms in total. The first-order chi connectivity index (χ1) is 9.70. The van der Waals surface area contributed by atoms with Gasteiger partial charge in [-0.1, -0.05) is 0 Å². The molecule has 0 radical (unpaired) electrons. The van der Waals surface area contributed by atoms with Gasteiger partial charge in [0.2, 0.25) is 10.0 Å². The first-order valence-electron chi connectivity index (χ1n) is 6.68. The van der Waals surface area contributed by atoms with E-state index in [4.69, 9.17) is 10.5 Å². The predicted octanol–water partition coefficient (Wildman–Crippen LogP) is 1.46. The molecule has 21 heavy (non-hydrogen) atoms. The Morgan fingerprint density at radius 3 is 2.43 bits per heavy atom. The van der Waals surface area contributed by atoms with Crippen LogP contribution >= 0.6 is 0 Å². The van der Waals surface area contributed by atoms with Crippen molar-refractivity contribution in [2.45, 2.75) is 32.1 Å². The molecule has 0 saturated heterocycles. The lowest BCUT2D eigenvalue weighted by Crippen LogP contribution is -2.30. The molecule has 0 amide bonds. The highest BCUT2D eigenvalue weighted by Gasteiger charge is 2.24. The Kier molecular flexibility index (Phi) is 5.74. The smallest absolute Gasteiger partial charge is 0.307 e. The van der Waals surface area contributed by atoms with Crippen molar-refractivity contribution in [2.24, 2.45) is 0 Å². The summed E-state index contributed by atoms with van der Waals surface area (Å²) in [5.74, 6) is -0.424. The molecule has 0 atom stereocenters. The Hall–Kier alpha value is -1.60. The Bertz CT molecular complexity index is 626. The molecular weight excluding hydrogens is 292 g/mol. The summed E-state index contributed by atoms with van der Waals surface area (Å²) in [7, 11) is -2.30. The lowest BCUT2D eigenvalue weighted by Gasteiger charge is -2.19. The van der Waals surface area contributed by atoms with Crippen molar-refractivity contribution < 1.29 is 17.9 Å². The van der Waals surface area contributed by atoms with E-state index in [1.165, 1.54) is 7.05 Å². The molecule has 0 saturated carbocycles. The summed E-state index contributed by atoms with van der Waals surface area (Å²) in [4.78, 5) is 11.4. The van der Waals surface area contributed by atoms with E-state index in [0.29, 0.717) is 0 Å². The number of ether oxygens (including phenoxy) is 1. The highest BCUT2D eigenvalue weighted by Crippen LogP contribution is 2.25. The molecule has 0 aromatic heterocycles. The second-order valence-corrected chi connectivity index (χ2v) is 6.87. The van der Waals surface area contributed by atoms with Crippen LogP contribution in [0.25, 0.3) is 0 Å². The number of hydrogen-bond donors (Lipinski definition) is 1. The fourth-order valence-electron chi connectivity index (χ4n) is 1.81. The largest absolute Gasteiger partial charge is 0.466 e. The van der Waals surface area contributed by atoms with Crippen LogP contribution in [-0.4, -0.2) is 38.9 Å². The quantitative estimate of drug-likeness (QED) is 0.634. The molecule has 0 bridgehead atoms. The van der Waals surface area contributed by atoms with Crippen LogP contribution in [0.2, 0.25) is 0 Å². The van der Waals surface area contributed by atoms with E-state index in [0.717, 1.165) is 15.4 Å². The molecule has 0 heterocycles. The zero-order valence-electron chi connectivity index (χ0n) is 12.8. The minimum absolute atomic E-state index is 0.00825. The molecule has 1 aromatic rings. The van der Waals surface area contributed by atoms with Crippen LogP contribution in [0.15, 0.2) is 17.0 Å². The van der Waals surface area contributed by atoms with E-state index >= 15 is 0 Å². The van der Waals surface area contributed by atoms with Crippen molar-refractivity contribution in [2.75, 3.05) is 25.9 Å². The van der Waals surface area contributed by atoms with Crippen molar-refractivity contribution in [1.29, 1.82) is 0 Å². The van der Waals surface area contributed by atoms with Crippen LogP contribution < -0.4 is 5.73 Å². The van der Waals surface area contributed by atoms with Gasteiger partial charge in [0.15, 0.2) is 0 Å². The maximum atomic E-state index is 12.5. The highest BCUT2D eigenvalue weighted by atomic mass is 32.2. The summed E-state index contributed by atoms with van der Waals surface area (Å²) in [5.41, 5.74) is 7.81. The van der Waals surface area contributed by atoms with Crippen LogP contribution in [-0.2, 0) is 19.6 Å². The third-order valence-corrected chi connectivity index (χ3v) is 5.16. The topological polar surface area (TPSA) is 89.7 Å². The number of carbonyl (C=O) groups excluding carboxylic acids is 1. The van der Waals surface area contributed by atoms with E-state index in [2.05, 4.69) is 0 Å². The summed E-state index contributed by atoms with van der Waals surface area (Å²) < 4.78 is 30.9. The van der Waals surface area contributed by atoms with Gasteiger partial charge in [0.25, 0.3) is 0 Å². The van der Waals surface area contributed by atoms with Gasteiger partial charge in [0.05, 0.1) is 18.7 Å². The van der Waals surface area contributed by atoms with Gasteiger partial charge in [0, 0.05) is 13.6 Å². The van der Waals surface area contributed by atoms with Gasteiger partial charge in [-0.25, -0.2) is 12.7 Å². The number of nitrogens with two attached hydrogens (primary N) is 1. The van der Waals surface area contributed by atoms with Crippen LogP contribution in [0.3, 0.4) is 0 Å². The fourth-order valence-corrected chi connectivity index (χ4v) is 3.16. The lowest BCUT2D eigenvalue weighted by atomic mass is 10.1. The van der Waals surface area contributed by atoms with Crippen molar-refractivity contribution in [1.82, 2.24) is 4.31 Å². The number of rotatable bonds is 6. The Balaban J connectivity index is 2.95. The fraction of sp³-hybridized carbons (Fsp3) is 0.500. The van der Waals surface area contributed by atoms with Crippen LogP contribution in [0.1, 0.15) is 24.5 Å². The van der Waals surface area contributed by atoms with Crippen LogP contribution in [0, 0.1) is 13.8 Å². The molecular formula is C14H22N2O4S. The standard InChI is InChI=1S/C14H22N2O4S/c1-5-20-14(17)6-7-16(4)21(18,19)13-9-11(3)10(2)8-12(13)15/h8-9H,5-7,15H2,1-4H3. The van der Waals surface area contributed by atoms with Crippen LogP contribution in [0.4, 0.5) is 5.69 Å². The number of nitrogens with zero attached hydrogens (tertiary/aromatic N) is 1. The van der Waals surface area contributed by atoms with Gasteiger partial charge in [-0.3, -0.25) is 4.79 Å². The van der Waals surface area contributed by atoms with Gasteiger partial charge in [0.1, 0.15) is 4.90 Å². The molecule has 0 unspecified atom stereocenters. The Labute approximate surface area is 125 Å². The minimum atomic E-state index is -3.72. The number of esters is 1. The number of benzene rings is 1. The number of anilines is 1. The summed E-state index contributed by atoms with van der Waals surface area (Å²) in [5, 5.41) is 0. The minimum Gasteiger partial charge on any atom is -0.466 e. The van der Waals surface area contributed by atoms with E-state index in [9.17, 15) is 13.2 Å². The molecule has 0 aliphatic carbocycles. The highest BCUT2D eigenvalue weighted by molar-refractivity contribution is 7.89. The van der Waals surface area contributed by atoms with E-state index in [1.807, 2.05) is 13.8 Å². The van der Waals surface area contributed by atoms with Crippen molar-refractivity contribution in [3.8, 4) is 0 Å². The molecule has 1 rings (SSSR count). The average molecular weight is 314 g/mol. The van der Waals surface area contributed by atoms with E-state index in [-0.39, 0.29) is 30.2 Å². The van der Waals surface area contributed by atoms with Crippen molar-refractivity contribution in [3.63, 3.8) is 0 Å². The van der Waals surface area contributed by atoms with Gasteiger partial charge >= 0.3 is 5.97 Å². The third-order valence-electron chi connectivity index (χ3n) is 3.25. The third kappa shape index (κ3) is 4.18. The molecule has 0 spiro atoms. The van der Waals surface area contributed by atoms with Crippen molar-refractivity contribution >= 4 is 21.7 Å². The van der Waals surface area contributed by atoms with Crippen LogP contribution in [0.5, 0.6) is 0 Å². The number of sulfonamides is 1. The Morgan fingerprint density at radius 2 is 1.86 bits per heavy atom. The second kappa shape index (κ2) is 6.91. The molecule has 0 aliphatic rings. The molecule has 1 aromatic carbocycles. The van der Waals surface area contributed by atoms with Gasteiger partial charge in [-0.05, 0) is 44.0 Å². The number of carbonyl (C=O) groups is 1. The monoisotopic (exact) mass is 314 g/mol. The molecule has 0 aliphatic heterocycles. The Morgan fingerprint density at radius 1 is 1.29 bits per heavy atom. The molecule has 118 valence electrons. The summed E-state index contributed by atoms with van der Waals surface area (Å²) >= 11 is 0. The first-order valence-corrected chi connectivity index (χ1v) is 8.12. The van der Waals surface area contributed by atoms with Gasteiger partial charge in [-0.15, -0.1) is 0 Å². The number of aryl methyl sites for hydroxylation is 2. The zero-order chi connectivity index (χ0) is 16.2. The lowest BCUT2D eigenvalue weighted by molar-refractivity contribution is -0.143. The predicted molar refractivity (Wildman–Crippen MR) is 81.4 cm³/mol. The molecule has 7 heteroatoms. The van der Waals surface area contributed by atoms with Gasteiger partial charge < -0.3 is 10.5 Å². The summed E-state index contributed by atoms with van der Waals surface area (Å²) in [6.45, 7) is 5.72. The first kappa shape index (κ1) is 17.5. The number of nitrogen functional groups attached to an aromatic ring is 1. The maximum Gasteiger partial charge on any atom is 0.307 e. The van der Waals surface area contributed by atoms with E-state index < -0.39 is 16.0 Å². The molecule has 2 N–H and O–H groups in total. The van der Waals surface area contributed by atoms with Gasteiger partial charge in [-0.2, -0.15) is 0 Å². The van der Waals surface area contributed by atoms with E-state index in [1.54, 1.807) is 19.1 Å². The summed E-state index contributed by atoms with van der Waals surface area (Å²) in [6, 6.07) is 3.20. The molecule has 0 fully saturated rings. The second-order valence-electron chi connectivity index (χ2n) is 4.86. The summed E-state index contributed by atoms with van der Waals surface area (Å²) in [6.07, 6.45) is 0.00825. The maximum absolute atomic E-state index is 12.5. The average Bonchev–Trinajstić information content (AvgIpc) is 2.40.